The highest BCUT2D eigenvalue weighted by atomic mass is 127. The number of benzene rings is 3. The fourth-order valence-corrected chi connectivity index (χ4v) is 4.55. The second kappa shape index (κ2) is 9.71. The lowest BCUT2D eigenvalue weighted by Gasteiger charge is -2.22. The highest BCUT2D eigenvalue weighted by Crippen LogP contribution is 2.20. The first-order valence-corrected chi connectivity index (χ1v) is 11.6. The predicted octanol–water partition coefficient (Wildman–Crippen LogP) is 4.77. The van der Waals surface area contributed by atoms with E-state index in [9.17, 15) is 13.2 Å². The first kappa shape index (κ1) is 21.8. The quantitative estimate of drug-likeness (QED) is 0.439. The molecule has 0 aliphatic carbocycles. The van der Waals surface area contributed by atoms with Crippen molar-refractivity contribution in [2.45, 2.75) is 11.4 Å². The van der Waals surface area contributed by atoms with Crippen LogP contribution in [0.15, 0.2) is 83.8 Å². The van der Waals surface area contributed by atoms with E-state index < -0.39 is 15.9 Å². The maximum absolute atomic E-state index is 13.2. The van der Waals surface area contributed by atoms with E-state index in [-0.39, 0.29) is 18.0 Å². The zero-order valence-corrected chi connectivity index (χ0v) is 19.0. The fraction of sp³-hybridized carbons (Fsp3) is 0.0952. The van der Waals surface area contributed by atoms with Gasteiger partial charge in [-0.3, -0.25) is 4.79 Å². The van der Waals surface area contributed by atoms with Crippen LogP contribution in [0.5, 0.6) is 0 Å². The van der Waals surface area contributed by atoms with Gasteiger partial charge in [0.15, 0.2) is 0 Å². The molecule has 0 heterocycles. The van der Waals surface area contributed by atoms with Crippen molar-refractivity contribution in [3.8, 4) is 0 Å². The molecule has 0 saturated heterocycles. The summed E-state index contributed by atoms with van der Waals surface area (Å²) in [7, 11) is -3.87. The minimum atomic E-state index is -3.87. The molecule has 5 nitrogen and oxygen atoms in total. The molecule has 1 amide bonds. The number of amides is 1. The number of anilines is 1. The third kappa shape index (κ3) is 6.02. The van der Waals surface area contributed by atoms with Gasteiger partial charge in [0.2, 0.25) is 15.9 Å². The number of sulfonamides is 1. The van der Waals surface area contributed by atoms with Gasteiger partial charge in [0, 0.05) is 20.8 Å². The molecule has 0 saturated carbocycles. The van der Waals surface area contributed by atoms with E-state index in [0.717, 1.165) is 13.4 Å². The first-order valence-electron chi connectivity index (χ1n) is 8.70. The summed E-state index contributed by atoms with van der Waals surface area (Å²) < 4.78 is 28.5. The van der Waals surface area contributed by atoms with Gasteiger partial charge >= 0.3 is 0 Å². The van der Waals surface area contributed by atoms with Crippen LogP contribution < -0.4 is 5.32 Å². The minimum absolute atomic E-state index is 0.0501. The summed E-state index contributed by atoms with van der Waals surface area (Å²) in [4.78, 5) is 12.7. The summed E-state index contributed by atoms with van der Waals surface area (Å²) in [6.07, 6.45) is 0. The van der Waals surface area contributed by atoms with Crippen molar-refractivity contribution in [1.29, 1.82) is 0 Å². The number of hydrogen-bond donors (Lipinski definition) is 1. The van der Waals surface area contributed by atoms with E-state index >= 15 is 0 Å². The molecule has 0 spiro atoms. The molecule has 0 atom stereocenters. The van der Waals surface area contributed by atoms with E-state index in [4.69, 9.17) is 11.6 Å². The molecule has 0 radical (unpaired) electrons. The van der Waals surface area contributed by atoms with Crippen LogP contribution in [-0.2, 0) is 21.4 Å². The van der Waals surface area contributed by atoms with Gasteiger partial charge in [0.05, 0.1) is 11.4 Å². The van der Waals surface area contributed by atoms with Crippen LogP contribution in [0.4, 0.5) is 5.69 Å². The molecule has 8 heteroatoms. The average Bonchev–Trinajstić information content (AvgIpc) is 2.71. The van der Waals surface area contributed by atoms with Crippen LogP contribution in [0.1, 0.15) is 5.56 Å². The second-order valence-electron chi connectivity index (χ2n) is 6.27. The molecular weight excluding hydrogens is 523 g/mol. The summed E-state index contributed by atoms with van der Waals surface area (Å²) in [6.45, 7) is -0.264. The first-order chi connectivity index (χ1) is 13.8. The lowest BCUT2D eigenvalue weighted by molar-refractivity contribution is -0.116. The van der Waals surface area contributed by atoms with Gasteiger partial charge < -0.3 is 5.32 Å². The molecule has 0 aliphatic heterocycles. The largest absolute Gasteiger partial charge is 0.325 e. The van der Waals surface area contributed by atoms with Gasteiger partial charge in [0.1, 0.15) is 0 Å². The zero-order chi connectivity index (χ0) is 20.9. The Bertz CT molecular complexity index is 1070. The van der Waals surface area contributed by atoms with Crippen LogP contribution in [0, 0.1) is 3.57 Å². The zero-order valence-electron chi connectivity index (χ0n) is 15.3. The van der Waals surface area contributed by atoms with Gasteiger partial charge in [-0.1, -0.05) is 41.9 Å². The van der Waals surface area contributed by atoms with Gasteiger partial charge in [-0.15, -0.1) is 0 Å². The number of carbonyl (C=O) groups excluding carboxylic acids is 1. The molecule has 3 rings (SSSR count). The topological polar surface area (TPSA) is 66.5 Å². The number of rotatable bonds is 7. The third-order valence-corrected chi connectivity index (χ3v) is 6.88. The monoisotopic (exact) mass is 540 g/mol. The lowest BCUT2D eigenvalue weighted by atomic mass is 10.2. The summed E-state index contributed by atoms with van der Waals surface area (Å²) in [6, 6.07) is 22.2. The van der Waals surface area contributed by atoms with Crippen LogP contribution in [-0.4, -0.2) is 25.2 Å². The molecule has 0 fully saturated rings. The summed E-state index contributed by atoms with van der Waals surface area (Å²) in [5.74, 6) is -0.417. The Balaban J connectivity index is 1.84. The Morgan fingerprint density at radius 3 is 2.17 bits per heavy atom. The van der Waals surface area contributed by atoms with Crippen LogP contribution >= 0.6 is 34.2 Å². The molecule has 0 aromatic heterocycles. The molecule has 0 unspecified atom stereocenters. The molecule has 1 N–H and O–H groups in total. The van der Waals surface area contributed by atoms with Gasteiger partial charge in [0.25, 0.3) is 0 Å². The van der Waals surface area contributed by atoms with Crippen LogP contribution in [0.25, 0.3) is 0 Å². The lowest BCUT2D eigenvalue weighted by Crippen LogP contribution is -2.37. The number of nitrogens with one attached hydrogen (secondary N) is 1. The predicted molar refractivity (Wildman–Crippen MR) is 123 cm³/mol. The smallest absolute Gasteiger partial charge is 0.243 e. The van der Waals surface area contributed by atoms with Crippen molar-refractivity contribution in [1.82, 2.24) is 4.31 Å². The van der Waals surface area contributed by atoms with E-state index in [2.05, 4.69) is 27.9 Å². The molecule has 29 heavy (non-hydrogen) atoms. The molecule has 150 valence electrons. The average molecular weight is 541 g/mol. The van der Waals surface area contributed by atoms with Crippen molar-refractivity contribution in [3.63, 3.8) is 0 Å². The van der Waals surface area contributed by atoms with E-state index in [1.165, 1.54) is 12.1 Å². The minimum Gasteiger partial charge on any atom is -0.325 e. The maximum atomic E-state index is 13.2. The second-order valence-corrected chi connectivity index (χ2v) is 9.89. The number of carbonyl (C=O) groups is 1. The highest BCUT2D eigenvalue weighted by molar-refractivity contribution is 14.1. The molecular formula is C21H18ClIN2O3S. The van der Waals surface area contributed by atoms with Crippen LogP contribution in [0.3, 0.4) is 0 Å². The number of halogens is 2. The molecule has 3 aromatic rings. The normalized spacial score (nSPS) is 11.4. The summed E-state index contributed by atoms with van der Waals surface area (Å²) in [5, 5.41) is 3.31. The Morgan fingerprint density at radius 2 is 1.55 bits per heavy atom. The van der Waals surface area contributed by atoms with Gasteiger partial charge in [-0.05, 0) is 76.7 Å². The summed E-state index contributed by atoms with van der Waals surface area (Å²) >= 11 is 8.10. The molecule has 3 aromatic carbocycles. The van der Waals surface area contributed by atoms with Crippen molar-refractivity contribution < 1.29 is 13.2 Å². The highest BCUT2D eigenvalue weighted by Gasteiger charge is 2.26. The van der Waals surface area contributed by atoms with Crippen LogP contribution in [0.2, 0.25) is 5.02 Å². The maximum Gasteiger partial charge on any atom is 0.243 e. The number of nitrogens with zero attached hydrogens (tertiary/aromatic N) is 1. The Morgan fingerprint density at radius 1 is 0.931 bits per heavy atom. The molecule has 0 bridgehead atoms. The van der Waals surface area contributed by atoms with E-state index in [0.29, 0.717) is 10.7 Å². The third-order valence-electron chi connectivity index (χ3n) is 4.10. The Labute approximate surface area is 188 Å². The van der Waals surface area contributed by atoms with E-state index in [1.54, 1.807) is 54.6 Å². The fourth-order valence-electron chi connectivity index (χ4n) is 2.65. The SMILES string of the molecule is O=C(CN(Cc1ccc(Cl)cc1)S(=O)(=O)c1ccccc1)Nc1ccc(I)cc1. The van der Waals surface area contributed by atoms with E-state index in [1.807, 2.05) is 12.1 Å². The van der Waals surface area contributed by atoms with Crippen molar-refractivity contribution >= 4 is 55.8 Å². The Kier molecular flexibility index (Phi) is 7.28. The van der Waals surface area contributed by atoms with Crippen molar-refractivity contribution in [2.24, 2.45) is 0 Å². The molecule has 0 aliphatic rings. The Hall–Kier alpha value is -1.94. The standard InChI is InChI=1S/C21H18ClIN2O3S/c22-17-8-6-16(7-9-17)14-25(29(27,28)20-4-2-1-3-5-20)15-21(26)24-19-12-10-18(23)11-13-19/h1-13H,14-15H2,(H,24,26). The number of hydrogen-bond acceptors (Lipinski definition) is 3. The van der Waals surface area contributed by atoms with Crippen molar-refractivity contribution in [2.75, 3.05) is 11.9 Å². The van der Waals surface area contributed by atoms with Gasteiger partial charge in [-0.2, -0.15) is 4.31 Å². The summed E-state index contributed by atoms with van der Waals surface area (Å²) in [5.41, 5.74) is 1.34. The van der Waals surface area contributed by atoms with Gasteiger partial charge in [-0.25, -0.2) is 8.42 Å². The van der Waals surface area contributed by atoms with Crippen molar-refractivity contribution in [3.05, 3.63) is 93.0 Å².